The first-order chi connectivity index (χ1) is 6.66. The van der Waals surface area contributed by atoms with Crippen molar-refractivity contribution in [2.75, 3.05) is 11.5 Å². The number of carbonyl (C=O) groups excluding carboxylic acids is 2. The van der Waals surface area contributed by atoms with Gasteiger partial charge in [-0.25, -0.2) is 9.69 Å². The second-order valence-electron chi connectivity index (χ2n) is 2.44. The Balaban J connectivity index is 3.01. The van der Waals surface area contributed by atoms with Crippen LogP contribution >= 0.6 is 0 Å². The van der Waals surface area contributed by atoms with Crippen molar-refractivity contribution in [1.82, 2.24) is 4.98 Å². The molecule has 0 aliphatic heterocycles. The molecule has 0 atom stereocenters. The lowest BCUT2D eigenvalue weighted by molar-refractivity contribution is -0.120. The van der Waals surface area contributed by atoms with Crippen molar-refractivity contribution in [2.45, 2.75) is 0 Å². The number of hydrogen-bond acceptors (Lipinski definition) is 4. The Morgan fingerprint density at radius 2 is 2.29 bits per heavy atom. The number of imide groups is 1. The smallest absolute Gasteiger partial charge is 0.326 e. The summed E-state index contributed by atoms with van der Waals surface area (Å²) < 4.78 is 0. The maximum Gasteiger partial charge on any atom is 0.326 e. The van der Waals surface area contributed by atoms with Crippen molar-refractivity contribution >= 4 is 17.6 Å². The molecule has 74 valence electrons. The van der Waals surface area contributed by atoms with Crippen LogP contribution in [0.1, 0.15) is 0 Å². The lowest BCUT2D eigenvalue weighted by atomic mass is 10.3. The lowest BCUT2D eigenvalue weighted by Crippen LogP contribution is -2.42. The molecule has 3 amide bonds. The minimum absolute atomic E-state index is 0.235. The molecule has 6 nitrogen and oxygen atoms in total. The molecule has 1 heterocycles. The molecule has 0 fully saturated rings. The Morgan fingerprint density at radius 3 is 2.71 bits per heavy atom. The summed E-state index contributed by atoms with van der Waals surface area (Å²) in [5, 5.41) is 8.60. The zero-order valence-corrected chi connectivity index (χ0v) is 7.25. The number of aliphatic hydroxyl groups is 1. The summed E-state index contributed by atoms with van der Waals surface area (Å²) in [5.41, 5.74) is 5.21. The molecule has 0 unspecified atom stereocenters. The Bertz CT molecular complexity index is 339. The third-order valence-corrected chi connectivity index (χ3v) is 1.51. The van der Waals surface area contributed by atoms with E-state index in [1.165, 1.54) is 18.5 Å². The van der Waals surface area contributed by atoms with E-state index in [9.17, 15) is 9.59 Å². The number of nitrogens with two attached hydrogens (primary N) is 1. The molecular formula is C8H9N3O3. The average Bonchev–Trinajstić information content (AvgIpc) is 2.19. The molecule has 14 heavy (non-hydrogen) atoms. The fourth-order valence-corrected chi connectivity index (χ4v) is 0.951. The van der Waals surface area contributed by atoms with Crippen LogP contribution in [0.3, 0.4) is 0 Å². The van der Waals surface area contributed by atoms with Crippen LogP contribution in [-0.4, -0.2) is 28.6 Å². The van der Waals surface area contributed by atoms with Gasteiger partial charge in [-0.1, -0.05) is 0 Å². The van der Waals surface area contributed by atoms with Crippen molar-refractivity contribution in [3.05, 3.63) is 24.5 Å². The summed E-state index contributed by atoms with van der Waals surface area (Å²) in [5.74, 6) is -0.787. The van der Waals surface area contributed by atoms with Crippen molar-refractivity contribution in [3.63, 3.8) is 0 Å². The van der Waals surface area contributed by atoms with E-state index in [1.807, 2.05) is 0 Å². The highest BCUT2D eigenvalue weighted by Gasteiger charge is 2.19. The Morgan fingerprint density at radius 1 is 1.57 bits per heavy atom. The fourth-order valence-electron chi connectivity index (χ4n) is 0.951. The van der Waals surface area contributed by atoms with Gasteiger partial charge in [-0.3, -0.25) is 9.78 Å². The molecule has 0 radical (unpaired) electrons. The standard InChI is InChI=1S/C8H9N3O3/c9-8(14)11(7(13)5-12)6-2-1-3-10-4-6/h1-4,12H,5H2,(H2,9,14). The normalized spacial score (nSPS) is 9.50. The summed E-state index contributed by atoms with van der Waals surface area (Å²) in [4.78, 5) is 26.4. The van der Waals surface area contributed by atoms with E-state index >= 15 is 0 Å². The van der Waals surface area contributed by atoms with Gasteiger partial charge in [0, 0.05) is 6.20 Å². The van der Waals surface area contributed by atoms with E-state index in [0.717, 1.165) is 0 Å². The van der Waals surface area contributed by atoms with Crippen LogP contribution in [-0.2, 0) is 4.79 Å². The van der Waals surface area contributed by atoms with Crippen LogP contribution in [0, 0.1) is 0 Å². The molecule has 1 aromatic heterocycles. The van der Waals surface area contributed by atoms with Crippen LogP contribution in [0.15, 0.2) is 24.5 Å². The number of aliphatic hydroxyl groups excluding tert-OH is 1. The third-order valence-electron chi connectivity index (χ3n) is 1.51. The third kappa shape index (κ3) is 2.05. The van der Waals surface area contributed by atoms with E-state index in [2.05, 4.69) is 4.98 Å². The first-order valence-electron chi connectivity index (χ1n) is 3.80. The van der Waals surface area contributed by atoms with Gasteiger partial charge in [0.2, 0.25) is 0 Å². The van der Waals surface area contributed by atoms with Crippen molar-refractivity contribution < 1.29 is 14.7 Å². The van der Waals surface area contributed by atoms with E-state index in [4.69, 9.17) is 10.8 Å². The number of nitrogens with zero attached hydrogens (tertiary/aromatic N) is 2. The average molecular weight is 195 g/mol. The van der Waals surface area contributed by atoms with Crippen LogP contribution in [0.4, 0.5) is 10.5 Å². The highest BCUT2D eigenvalue weighted by Crippen LogP contribution is 2.10. The summed E-state index contributed by atoms with van der Waals surface area (Å²) in [6.45, 7) is -0.780. The molecule has 1 aromatic rings. The maximum atomic E-state index is 11.1. The Hall–Kier alpha value is -1.95. The highest BCUT2D eigenvalue weighted by molar-refractivity contribution is 6.13. The first kappa shape index (κ1) is 10.1. The van der Waals surface area contributed by atoms with Gasteiger partial charge in [0.15, 0.2) is 0 Å². The largest absolute Gasteiger partial charge is 0.387 e. The summed E-state index contributed by atoms with van der Waals surface area (Å²) in [6, 6.07) is 2.10. The number of anilines is 1. The van der Waals surface area contributed by atoms with E-state index in [0.29, 0.717) is 4.90 Å². The Kier molecular flexibility index (Phi) is 3.14. The van der Waals surface area contributed by atoms with Gasteiger partial charge in [-0.2, -0.15) is 0 Å². The lowest BCUT2D eigenvalue weighted by Gasteiger charge is -2.16. The maximum absolute atomic E-state index is 11.1. The number of hydrogen-bond donors (Lipinski definition) is 2. The number of pyridine rings is 1. The predicted octanol–water partition coefficient (Wildman–Crippen LogP) is -0.514. The molecule has 6 heteroatoms. The summed E-state index contributed by atoms with van der Waals surface area (Å²) >= 11 is 0. The first-order valence-corrected chi connectivity index (χ1v) is 3.80. The molecule has 0 aromatic carbocycles. The van der Waals surface area contributed by atoms with Crippen LogP contribution in [0.25, 0.3) is 0 Å². The second kappa shape index (κ2) is 4.33. The molecule has 0 aliphatic carbocycles. The van der Waals surface area contributed by atoms with Gasteiger partial charge < -0.3 is 10.8 Å². The second-order valence-corrected chi connectivity index (χ2v) is 2.44. The molecule has 3 N–H and O–H groups in total. The molecule has 0 saturated carbocycles. The van der Waals surface area contributed by atoms with Crippen molar-refractivity contribution in [1.29, 1.82) is 0 Å². The zero-order chi connectivity index (χ0) is 10.6. The number of primary amides is 1. The van der Waals surface area contributed by atoms with Gasteiger partial charge in [0.1, 0.15) is 6.61 Å². The molecule has 1 rings (SSSR count). The molecule has 0 saturated heterocycles. The van der Waals surface area contributed by atoms with Crippen molar-refractivity contribution in [3.8, 4) is 0 Å². The predicted molar refractivity (Wildman–Crippen MR) is 48.4 cm³/mol. The van der Waals surface area contributed by atoms with Gasteiger partial charge in [-0.05, 0) is 12.1 Å². The minimum Gasteiger partial charge on any atom is -0.387 e. The molecule has 0 aliphatic rings. The van der Waals surface area contributed by atoms with E-state index < -0.39 is 18.5 Å². The fraction of sp³-hybridized carbons (Fsp3) is 0.125. The quantitative estimate of drug-likeness (QED) is 0.663. The van der Waals surface area contributed by atoms with Crippen molar-refractivity contribution in [2.24, 2.45) is 5.73 Å². The van der Waals surface area contributed by atoms with E-state index in [-0.39, 0.29) is 5.69 Å². The van der Waals surface area contributed by atoms with Crippen LogP contribution in [0.2, 0.25) is 0 Å². The van der Waals surface area contributed by atoms with Crippen LogP contribution < -0.4 is 10.6 Å². The number of aromatic nitrogens is 1. The number of amides is 3. The molecule has 0 bridgehead atoms. The van der Waals surface area contributed by atoms with Crippen LogP contribution in [0.5, 0.6) is 0 Å². The molecule has 0 spiro atoms. The SMILES string of the molecule is NC(=O)N(C(=O)CO)c1cccnc1. The summed E-state index contributed by atoms with van der Waals surface area (Å²) in [6.07, 6.45) is 2.80. The van der Waals surface area contributed by atoms with Gasteiger partial charge in [-0.15, -0.1) is 0 Å². The summed E-state index contributed by atoms with van der Waals surface area (Å²) in [7, 11) is 0. The highest BCUT2D eigenvalue weighted by atomic mass is 16.3. The van der Waals surface area contributed by atoms with Gasteiger partial charge in [0.05, 0.1) is 11.9 Å². The van der Waals surface area contributed by atoms with Gasteiger partial charge in [0.25, 0.3) is 5.91 Å². The molecular weight excluding hydrogens is 186 g/mol. The van der Waals surface area contributed by atoms with Gasteiger partial charge >= 0.3 is 6.03 Å². The monoisotopic (exact) mass is 195 g/mol. The minimum atomic E-state index is -0.947. The number of urea groups is 1. The van der Waals surface area contributed by atoms with E-state index in [1.54, 1.807) is 6.07 Å². The number of rotatable bonds is 2. The Labute approximate surface area is 80.0 Å². The zero-order valence-electron chi connectivity index (χ0n) is 7.25. The topological polar surface area (TPSA) is 96.5 Å². The number of carbonyl (C=O) groups is 2.